The molecule has 0 bridgehead atoms. The molecular formula is C19H27N3O2. The summed E-state index contributed by atoms with van der Waals surface area (Å²) in [4.78, 5) is 16.9. The molecule has 2 heterocycles. The van der Waals surface area contributed by atoms with Crippen molar-refractivity contribution in [1.29, 1.82) is 0 Å². The van der Waals surface area contributed by atoms with E-state index < -0.39 is 0 Å². The van der Waals surface area contributed by atoms with E-state index >= 15 is 0 Å². The molecule has 130 valence electrons. The van der Waals surface area contributed by atoms with Gasteiger partial charge in [0.05, 0.1) is 0 Å². The zero-order valence-corrected chi connectivity index (χ0v) is 14.4. The van der Waals surface area contributed by atoms with Crippen molar-refractivity contribution in [3.05, 3.63) is 24.3 Å². The SMILES string of the molecule is C[C@@H]1C[C@H](Nc2cccc(N3CCN(CC4CC4)CC3)c2)C(=O)O1. The first-order valence-electron chi connectivity index (χ1n) is 9.22. The molecule has 5 nitrogen and oxygen atoms in total. The molecule has 3 fully saturated rings. The van der Waals surface area contributed by atoms with Crippen molar-refractivity contribution >= 4 is 17.3 Å². The van der Waals surface area contributed by atoms with Gasteiger partial charge in [-0.05, 0) is 43.9 Å². The van der Waals surface area contributed by atoms with Crippen LogP contribution in [0.3, 0.4) is 0 Å². The number of anilines is 2. The minimum atomic E-state index is -0.217. The van der Waals surface area contributed by atoms with E-state index in [1.54, 1.807) is 0 Å². The highest BCUT2D eigenvalue weighted by atomic mass is 16.6. The molecule has 24 heavy (non-hydrogen) atoms. The average molecular weight is 329 g/mol. The van der Waals surface area contributed by atoms with Crippen LogP contribution in [0.5, 0.6) is 0 Å². The molecule has 0 spiro atoms. The minimum Gasteiger partial charge on any atom is -0.461 e. The Morgan fingerprint density at radius 3 is 2.67 bits per heavy atom. The molecule has 1 aromatic carbocycles. The Hall–Kier alpha value is -1.75. The van der Waals surface area contributed by atoms with E-state index in [0.29, 0.717) is 0 Å². The van der Waals surface area contributed by atoms with Gasteiger partial charge in [-0.25, -0.2) is 4.79 Å². The number of carbonyl (C=O) groups excluding carboxylic acids is 1. The maximum atomic E-state index is 11.8. The largest absolute Gasteiger partial charge is 0.461 e. The maximum Gasteiger partial charge on any atom is 0.328 e. The fraction of sp³-hybridized carbons (Fsp3) is 0.632. The van der Waals surface area contributed by atoms with E-state index in [0.717, 1.165) is 44.2 Å². The Balaban J connectivity index is 1.35. The number of piperazine rings is 1. The first-order valence-corrected chi connectivity index (χ1v) is 9.22. The van der Waals surface area contributed by atoms with Gasteiger partial charge in [-0.15, -0.1) is 0 Å². The molecule has 2 atom stereocenters. The molecule has 0 amide bonds. The lowest BCUT2D eigenvalue weighted by atomic mass is 10.1. The van der Waals surface area contributed by atoms with Gasteiger partial charge in [0, 0.05) is 50.5 Å². The van der Waals surface area contributed by atoms with Gasteiger partial charge < -0.3 is 15.0 Å². The van der Waals surface area contributed by atoms with Gasteiger partial charge in [-0.1, -0.05) is 6.07 Å². The quantitative estimate of drug-likeness (QED) is 0.840. The van der Waals surface area contributed by atoms with Crippen LogP contribution < -0.4 is 10.2 Å². The number of esters is 1. The number of hydrogen-bond acceptors (Lipinski definition) is 5. The van der Waals surface area contributed by atoms with Crippen molar-refractivity contribution in [3.8, 4) is 0 Å². The second-order valence-corrected chi connectivity index (χ2v) is 7.46. The third-order valence-electron chi connectivity index (χ3n) is 5.31. The van der Waals surface area contributed by atoms with E-state index in [1.807, 2.05) is 13.0 Å². The number of benzene rings is 1. The maximum absolute atomic E-state index is 11.8. The van der Waals surface area contributed by atoms with E-state index in [2.05, 4.69) is 33.3 Å². The molecule has 2 saturated heterocycles. The number of rotatable bonds is 5. The zero-order valence-electron chi connectivity index (χ0n) is 14.4. The Labute approximate surface area is 144 Å². The molecule has 1 aromatic rings. The average Bonchev–Trinajstić information content (AvgIpc) is 3.33. The summed E-state index contributed by atoms with van der Waals surface area (Å²) in [5.74, 6) is 0.833. The fourth-order valence-corrected chi connectivity index (χ4v) is 3.72. The summed E-state index contributed by atoms with van der Waals surface area (Å²) in [6, 6.07) is 8.20. The Bertz CT molecular complexity index is 594. The molecule has 0 aromatic heterocycles. The lowest BCUT2D eigenvalue weighted by Gasteiger charge is -2.36. The number of cyclic esters (lactones) is 1. The van der Waals surface area contributed by atoms with E-state index in [-0.39, 0.29) is 18.1 Å². The molecule has 0 unspecified atom stereocenters. The second-order valence-electron chi connectivity index (χ2n) is 7.46. The van der Waals surface area contributed by atoms with Gasteiger partial charge in [-0.3, -0.25) is 4.90 Å². The lowest BCUT2D eigenvalue weighted by molar-refractivity contribution is -0.141. The van der Waals surface area contributed by atoms with Crippen LogP contribution in [0.1, 0.15) is 26.2 Å². The van der Waals surface area contributed by atoms with Gasteiger partial charge in [0.15, 0.2) is 0 Å². The lowest BCUT2D eigenvalue weighted by Crippen LogP contribution is -2.47. The Kier molecular flexibility index (Phi) is 4.35. The van der Waals surface area contributed by atoms with E-state index in [9.17, 15) is 4.79 Å². The summed E-state index contributed by atoms with van der Waals surface area (Å²) in [6.45, 7) is 7.70. The van der Waals surface area contributed by atoms with Crippen LogP contribution in [0, 0.1) is 5.92 Å². The summed E-state index contributed by atoms with van der Waals surface area (Å²) >= 11 is 0. The number of hydrogen-bond donors (Lipinski definition) is 1. The minimum absolute atomic E-state index is 0.0118. The van der Waals surface area contributed by atoms with Crippen molar-refractivity contribution < 1.29 is 9.53 Å². The highest BCUT2D eigenvalue weighted by Crippen LogP contribution is 2.30. The van der Waals surface area contributed by atoms with Crippen molar-refractivity contribution in [2.75, 3.05) is 42.9 Å². The number of nitrogens with zero attached hydrogens (tertiary/aromatic N) is 2. The zero-order chi connectivity index (χ0) is 16.5. The van der Waals surface area contributed by atoms with Crippen molar-refractivity contribution in [2.24, 2.45) is 5.92 Å². The molecule has 5 heteroatoms. The van der Waals surface area contributed by atoms with Crippen molar-refractivity contribution in [3.63, 3.8) is 0 Å². The third-order valence-corrected chi connectivity index (χ3v) is 5.31. The second kappa shape index (κ2) is 6.63. The van der Waals surface area contributed by atoms with Gasteiger partial charge in [0.2, 0.25) is 0 Å². The van der Waals surface area contributed by atoms with Crippen LogP contribution in [0.4, 0.5) is 11.4 Å². The Morgan fingerprint density at radius 2 is 2.00 bits per heavy atom. The van der Waals surface area contributed by atoms with Crippen LogP contribution in [0.25, 0.3) is 0 Å². The predicted octanol–water partition coefficient (Wildman–Crippen LogP) is 2.33. The van der Waals surface area contributed by atoms with Crippen LogP contribution in [0.2, 0.25) is 0 Å². The molecule has 1 saturated carbocycles. The van der Waals surface area contributed by atoms with E-state index in [4.69, 9.17) is 4.74 Å². The fourth-order valence-electron chi connectivity index (χ4n) is 3.72. The topological polar surface area (TPSA) is 44.8 Å². The van der Waals surface area contributed by atoms with Gasteiger partial charge >= 0.3 is 5.97 Å². The monoisotopic (exact) mass is 329 g/mol. The van der Waals surface area contributed by atoms with Gasteiger partial charge in [0.25, 0.3) is 0 Å². The molecule has 3 aliphatic rings. The molecule has 2 aliphatic heterocycles. The predicted molar refractivity (Wildman–Crippen MR) is 95.4 cm³/mol. The van der Waals surface area contributed by atoms with Crippen LogP contribution >= 0.6 is 0 Å². The molecule has 0 radical (unpaired) electrons. The first kappa shape index (κ1) is 15.8. The first-order chi connectivity index (χ1) is 11.7. The standard InChI is InChI=1S/C19H27N3O2/c1-14-11-18(19(23)24-14)20-16-3-2-4-17(12-16)22-9-7-21(8-10-22)13-15-5-6-15/h2-4,12,14-15,18,20H,5-11,13H2,1H3/t14-,18+/m1/s1. The van der Waals surface area contributed by atoms with Crippen LogP contribution in [-0.4, -0.2) is 55.7 Å². The Morgan fingerprint density at radius 1 is 1.21 bits per heavy atom. The van der Waals surface area contributed by atoms with Crippen molar-refractivity contribution in [1.82, 2.24) is 4.90 Å². The summed E-state index contributed by atoms with van der Waals surface area (Å²) in [5, 5.41) is 3.33. The molecule has 1 aliphatic carbocycles. The summed E-state index contributed by atoms with van der Waals surface area (Å²) in [5.41, 5.74) is 2.24. The van der Waals surface area contributed by atoms with Crippen molar-refractivity contribution in [2.45, 2.75) is 38.3 Å². The summed E-state index contributed by atoms with van der Waals surface area (Å²) in [6.07, 6.45) is 3.60. The highest BCUT2D eigenvalue weighted by Gasteiger charge is 2.31. The summed E-state index contributed by atoms with van der Waals surface area (Å²) < 4.78 is 5.22. The van der Waals surface area contributed by atoms with Gasteiger partial charge in [0.1, 0.15) is 12.1 Å². The number of ether oxygens (including phenoxy) is 1. The van der Waals surface area contributed by atoms with Crippen LogP contribution in [-0.2, 0) is 9.53 Å². The molecular weight excluding hydrogens is 302 g/mol. The normalized spacial score (nSPS) is 28.0. The molecule has 4 rings (SSSR count). The van der Waals surface area contributed by atoms with Crippen LogP contribution in [0.15, 0.2) is 24.3 Å². The smallest absolute Gasteiger partial charge is 0.328 e. The summed E-state index contributed by atoms with van der Waals surface area (Å²) in [7, 11) is 0. The number of carbonyl (C=O) groups is 1. The number of nitrogens with one attached hydrogen (secondary N) is 1. The molecule has 1 N–H and O–H groups in total. The van der Waals surface area contributed by atoms with E-state index in [1.165, 1.54) is 25.1 Å². The third kappa shape index (κ3) is 3.66. The highest BCUT2D eigenvalue weighted by molar-refractivity contribution is 5.81. The van der Waals surface area contributed by atoms with Gasteiger partial charge in [-0.2, -0.15) is 0 Å².